The molecule has 0 fully saturated rings. The zero-order valence-corrected chi connectivity index (χ0v) is 16.9. The van der Waals surface area contributed by atoms with Crippen molar-refractivity contribution in [2.75, 3.05) is 6.61 Å². The molecule has 0 aliphatic rings. The van der Waals surface area contributed by atoms with E-state index in [1.807, 2.05) is 13.8 Å². The summed E-state index contributed by atoms with van der Waals surface area (Å²) >= 11 is 6.05. The molecule has 0 radical (unpaired) electrons. The monoisotopic (exact) mass is 406 g/mol. The number of ether oxygens (including phenoxy) is 1. The first-order valence-electron chi connectivity index (χ1n) is 8.99. The van der Waals surface area contributed by atoms with E-state index in [-0.39, 0.29) is 36.8 Å². The van der Waals surface area contributed by atoms with E-state index in [1.165, 1.54) is 17.0 Å². The maximum Gasteiger partial charge on any atom is 0.261 e. The molecule has 1 N–H and O–H groups in total. The van der Waals surface area contributed by atoms with E-state index in [0.29, 0.717) is 16.3 Å². The number of hydrogen-bond donors (Lipinski definition) is 1. The van der Waals surface area contributed by atoms with Crippen LogP contribution in [0.4, 0.5) is 4.39 Å². The molecule has 0 bridgehead atoms. The Hall–Kier alpha value is -2.60. The Labute approximate surface area is 169 Å². The third kappa shape index (κ3) is 6.23. The van der Waals surface area contributed by atoms with Crippen LogP contribution in [-0.4, -0.2) is 35.4 Å². The lowest BCUT2D eigenvalue weighted by molar-refractivity contribution is -0.142. The number of benzene rings is 2. The third-order valence-electron chi connectivity index (χ3n) is 4.05. The van der Waals surface area contributed by atoms with E-state index < -0.39 is 6.04 Å². The molecule has 28 heavy (non-hydrogen) atoms. The van der Waals surface area contributed by atoms with E-state index in [9.17, 15) is 14.0 Å². The fourth-order valence-electron chi connectivity index (χ4n) is 2.56. The molecule has 0 heterocycles. The van der Waals surface area contributed by atoms with Crippen molar-refractivity contribution in [2.45, 2.75) is 39.4 Å². The summed E-state index contributed by atoms with van der Waals surface area (Å²) in [5.41, 5.74) is 0.705. The summed E-state index contributed by atoms with van der Waals surface area (Å²) in [5.74, 6) is -0.633. The van der Waals surface area contributed by atoms with Crippen LogP contribution in [0.2, 0.25) is 5.02 Å². The van der Waals surface area contributed by atoms with Crippen molar-refractivity contribution in [1.82, 2.24) is 10.2 Å². The quantitative estimate of drug-likeness (QED) is 0.725. The number of hydrogen-bond acceptors (Lipinski definition) is 3. The van der Waals surface area contributed by atoms with E-state index in [2.05, 4.69) is 5.32 Å². The Bertz CT molecular complexity index is 812. The minimum Gasteiger partial charge on any atom is -0.482 e. The van der Waals surface area contributed by atoms with E-state index in [1.54, 1.807) is 43.3 Å². The van der Waals surface area contributed by atoms with Gasteiger partial charge in [-0.2, -0.15) is 0 Å². The Morgan fingerprint density at radius 2 is 1.75 bits per heavy atom. The van der Waals surface area contributed by atoms with E-state index in [4.69, 9.17) is 16.3 Å². The number of carbonyl (C=O) groups is 2. The average molecular weight is 407 g/mol. The molecule has 2 amide bonds. The van der Waals surface area contributed by atoms with Crippen molar-refractivity contribution in [2.24, 2.45) is 0 Å². The number of rotatable bonds is 8. The van der Waals surface area contributed by atoms with Gasteiger partial charge in [-0.3, -0.25) is 9.59 Å². The highest BCUT2D eigenvalue weighted by molar-refractivity contribution is 6.32. The van der Waals surface area contributed by atoms with Crippen LogP contribution >= 0.6 is 11.6 Å². The Morgan fingerprint density at radius 3 is 2.36 bits per heavy atom. The molecule has 0 saturated carbocycles. The molecule has 1 atom stereocenters. The molecule has 0 spiro atoms. The van der Waals surface area contributed by atoms with Crippen LogP contribution in [0.25, 0.3) is 0 Å². The number of carbonyl (C=O) groups excluding carboxylic acids is 2. The average Bonchev–Trinajstić information content (AvgIpc) is 2.65. The van der Waals surface area contributed by atoms with Gasteiger partial charge in [-0.15, -0.1) is 0 Å². The molecular weight excluding hydrogens is 383 g/mol. The Morgan fingerprint density at radius 1 is 1.11 bits per heavy atom. The predicted octanol–water partition coefficient (Wildman–Crippen LogP) is 3.80. The largest absolute Gasteiger partial charge is 0.482 e. The second-order valence-electron chi connectivity index (χ2n) is 6.71. The summed E-state index contributed by atoms with van der Waals surface area (Å²) in [7, 11) is 0. The van der Waals surface area contributed by atoms with Gasteiger partial charge in [-0.25, -0.2) is 4.39 Å². The normalized spacial score (nSPS) is 11.8. The highest BCUT2D eigenvalue weighted by atomic mass is 35.5. The van der Waals surface area contributed by atoms with Gasteiger partial charge in [0.25, 0.3) is 5.91 Å². The van der Waals surface area contributed by atoms with Crippen LogP contribution in [0.15, 0.2) is 48.5 Å². The molecule has 0 unspecified atom stereocenters. The molecular formula is C21H24ClFN2O3. The van der Waals surface area contributed by atoms with Gasteiger partial charge in [-0.1, -0.05) is 35.9 Å². The second-order valence-corrected chi connectivity index (χ2v) is 7.11. The molecule has 0 aromatic heterocycles. The summed E-state index contributed by atoms with van der Waals surface area (Å²) in [6.07, 6.45) is 0. The molecule has 5 nitrogen and oxygen atoms in total. The number of para-hydroxylation sites is 1. The van der Waals surface area contributed by atoms with Gasteiger partial charge in [0.15, 0.2) is 6.61 Å². The van der Waals surface area contributed by atoms with Crippen molar-refractivity contribution in [3.8, 4) is 5.75 Å². The number of amides is 2. The van der Waals surface area contributed by atoms with Gasteiger partial charge in [0.1, 0.15) is 17.6 Å². The molecule has 150 valence electrons. The first-order valence-corrected chi connectivity index (χ1v) is 9.37. The van der Waals surface area contributed by atoms with Crippen LogP contribution in [0, 0.1) is 5.82 Å². The topological polar surface area (TPSA) is 58.6 Å². The summed E-state index contributed by atoms with van der Waals surface area (Å²) in [5, 5.41) is 3.20. The predicted molar refractivity (Wildman–Crippen MR) is 107 cm³/mol. The van der Waals surface area contributed by atoms with Gasteiger partial charge in [0.2, 0.25) is 5.91 Å². The van der Waals surface area contributed by atoms with Crippen molar-refractivity contribution in [1.29, 1.82) is 0 Å². The zero-order chi connectivity index (χ0) is 20.7. The first kappa shape index (κ1) is 21.7. The molecule has 2 rings (SSSR count). The van der Waals surface area contributed by atoms with Crippen molar-refractivity contribution >= 4 is 23.4 Å². The van der Waals surface area contributed by atoms with Crippen molar-refractivity contribution in [3.63, 3.8) is 0 Å². The lowest BCUT2D eigenvalue weighted by Gasteiger charge is -2.29. The van der Waals surface area contributed by atoms with Crippen molar-refractivity contribution < 1.29 is 18.7 Å². The van der Waals surface area contributed by atoms with Crippen LogP contribution in [0.3, 0.4) is 0 Å². The molecule has 2 aromatic carbocycles. The lowest BCUT2D eigenvalue weighted by atomic mass is 10.1. The highest BCUT2D eigenvalue weighted by Gasteiger charge is 2.27. The van der Waals surface area contributed by atoms with Crippen LogP contribution in [-0.2, 0) is 16.1 Å². The maximum absolute atomic E-state index is 13.2. The van der Waals surface area contributed by atoms with Gasteiger partial charge in [0, 0.05) is 12.6 Å². The van der Waals surface area contributed by atoms with Gasteiger partial charge >= 0.3 is 0 Å². The fourth-order valence-corrected chi connectivity index (χ4v) is 2.75. The smallest absolute Gasteiger partial charge is 0.261 e. The van der Waals surface area contributed by atoms with E-state index >= 15 is 0 Å². The SMILES string of the molecule is CC(C)NC(=O)[C@H](C)N(Cc1ccc(F)cc1)C(=O)COc1ccccc1Cl. The fraction of sp³-hybridized carbons (Fsp3) is 0.333. The molecule has 0 aliphatic heterocycles. The summed E-state index contributed by atoms with van der Waals surface area (Å²) in [4.78, 5) is 26.7. The van der Waals surface area contributed by atoms with Crippen LogP contribution in [0.1, 0.15) is 26.3 Å². The second kappa shape index (κ2) is 10.1. The summed E-state index contributed by atoms with van der Waals surface area (Å²) in [6.45, 7) is 5.21. The zero-order valence-electron chi connectivity index (χ0n) is 16.1. The molecule has 0 aliphatic carbocycles. The van der Waals surface area contributed by atoms with Gasteiger partial charge in [-0.05, 0) is 50.6 Å². The maximum atomic E-state index is 13.2. The van der Waals surface area contributed by atoms with Gasteiger partial charge in [0.05, 0.1) is 5.02 Å². The minimum atomic E-state index is -0.727. The Kier molecular flexibility index (Phi) is 7.81. The van der Waals surface area contributed by atoms with Gasteiger partial charge < -0.3 is 15.0 Å². The standard InChI is InChI=1S/C21H24ClFN2O3/c1-14(2)24-21(27)15(3)25(12-16-8-10-17(23)11-9-16)20(26)13-28-19-7-5-4-6-18(19)22/h4-11,14-15H,12-13H2,1-3H3,(H,24,27)/t15-/m0/s1. The number of halogens is 2. The van der Waals surface area contributed by atoms with Crippen LogP contribution in [0.5, 0.6) is 5.75 Å². The Balaban J connectivity index is 2.15. The molecule has 7 heteroatoms. The summed E-state index contributed by atoms with van der Waals surface area (Å²) in [6, 6.07) is 11.8. The number of nitrogens with one attached hydrogen (secondary N) is 1. The van der Waals surface area contributed by atoms with Crippen LogP contribution < -0.4 is 10.1 Å². The highest BCUT2D eigenvalue weighted by Crippen LogP contribution is 2.23. The molecule has 2 aromatic rings. The minimum absolute atomic E-state index is 0.0582. The van der Waals surface area contributed by atoms with E-state index in [0.717, 1.165) is 0 Å². The summed E-state index contributed by atoms with van der Waals surface area (Å²) < 4.78 is 18.7. The lowest BCUT2D eigenvalue weighted by Crippen LogP contribution is -2.50. The third-order valence-corrected chi connectivity index (χ3v) is 4.36. The first-order chi connectivity index (χ1) is 13.3. The molecule has 0 saturated heterocycles. The number of nitrogens with zero attached hydrogens (tertiary/aromatic N) is 1. The van der Waals surface area contributed by atoms with Crippen molar-refractivity contribution in [3.05, 3.63) is 64.9 Å².